The van der Waals surface area contributed by atoms with E-state index >= 15 is 0 Å². The summed E-state index contributed by atoms with van der Waals surface area (Å²) < 4.78 is 14.0. The smallest absolute Gasteiger partial charge is 0.219 e. The summed E-state index contributed by atoms with van der Waals surface area (Å²) in [5, 5.41) is 20.0. The van der Waals surface area contributed by atoms with Crippen molar-refractivity contribution >= 4 is 11.6 Å². The number of halogens is 1. The molecule has 14 atom stereocenters. The number of alkyl halides is 1. The van der Waals surface area contributed by atoms with Crippen LogP contribution in [-0.2, 0) is 0 Å². The van der Waals surface area contributed by atoms with Gasteiger partial charge in [0.1, 0.15) is 0 Å². The van der Waals surface area contributed by atoms with E-state index in [0.717, 1.165) is 89.4 Å². The maximum absolute atomic E-state index is 7.00. The van der Waals surface area contributed by atoms with Crippen molar-refractivity contribution in [3.8, 4) is 0 Å². The molecule has 8 fully saturated rings. The fraction of sp³-hybridized carbons (Fsp3) is 0.930. The van der Waals surface area contributed by atoms with Gasteiger partial charge in [0.2, 0.25) is 23.6 Å². The molecule has 65 heavy (non-hydrogen) atoms. The fourth-order valence-electron chi connectivity index (χ4n) is 18.2. The first-order chi connectivity index (χ1) is 32.1. The normalized spacial score (nSPS) is 37.9. The maximum atomic E-state index is 7.00. The number of unbranched alkanes of at least 4 members (excludes halogenated alkanes) is 10. The second-order valence-corrected chi connectivity index (χ2v) is 24.6. The molecule has 3 heterocycles. The van der Waals surface area contributed by atoms with Gasteiger partial charge in [-0.2, -0.15) is 0 Å². The van der Waals surface area contributed by atoms with Crippen molar-refractivity contribution in [3.05, 3.63) is 23.6 Å². The molecule has 7 saturated carbocycles. The molecule has 0 aromatic carbocycles. The van der Waals surface area contributed by atoms with Gasteiger partial charge in [0, 0.05) is 48.2 Å². The molecule has 0 spiro atoms. The molecule has 0 bridgehead atoms. The van der Waals surface area contributed by atoms with E-state index in [9.17, 15) is 0 Å². The Labute approximate surface area is 400 Å². The number of rotatable bonds is 20. The Kier molecular flexibility index (Phi) is 16.0. The average molecular weight is 915 g/mol. The second kappa shape index (κ2) is 22.1. The zero-order valence-electron chi connectivity index (χ0n) is 41.5. The van der Waals surface area contributed by atoms with E-state index in [2.05, 4.69) is 18.7 Å². The highest BCUT2D eigenvalue weighted by Crippen LogP contribution is 2.69. The minimum atomic E-state index is 0.388. The van der Waals surface area contributed by atoms with Gasteiger partial charge in [0.05, 0.1) is 0 Å². The van der Waals surface area contributed by atoms with Gasteiger partial charge < -0.3 is 8.83 Å². The van der Waals surface area contributed by atoms with Crippen molar-refractivity contribution in [3.63, 3.8) is 0 Å². The molecular weight excluding hydrogens is 822 g/mol. The van der Waals surface area contributed by atoms with E-state index in [4.69, 9.17) is 40.8 Å². The van der Waals surface area contributed by atoms with Crippen LogP contribution in [0.5, 0.6) is 0 Å². The molecule has 2 aromatic rings. The van der Waals surface area contributed by atoms with Crippen LogP contribution in [0.4, 0.5) is 0 Å². The van der Waals surface area contributed by atoms with Crippen molar-refractivity contribution in [2.24, 2.45) is 52.8 Å². The summed E-state index contributed by atoms with van der Waals surface area (Å²) >= 11 is 6.42. The zero-order chi connectivity index (χ0) is 44.2. The first kappa shape index (κ1) is 47.2. The zero-order valence-corrected chi connectivity index (χ0v) is 42.2. The van der Waals surface area contributed by atoms with Gasteiger partial charge in [0.15, 0.2) is 0 Å². The van der Waals surface area contributed by atoms with Crippen LogP contribution >= 0.6 is 11.6 Å². The van der Waals surface area contributed by atoms with Gasteiger partial charge in [-0.25, -0.2) is 0 Å². The molecule has 0 N–H and O–H groups in total. The van der Waals surface area contributed by atoms with Crippen molar-refractivity contribution in [1.82, 2.24) is 25.3 Å². The lowest BCUT2D eigenvalue weighted by Gasteiger charge is -2.46. The molecule has 2 aromatic heterocycles. The SMILES string of the molecule is CCCCCCCCC1(CCCCCCCC)C2CC(c3nnc(C4CCC5C(C4)C4CCCCC4N5CCCl)o3)CCC2C2CCC(c3nnc(C4CCCC5CCCCC54)o3)CC21. The third kappa shape index (κ3) is 9.85. The summed E-state index contributed by atoms with van der Waals surface area (Å²) in [6.45, 7) is 5.77. The Morgan fingerprint density at radius 3 is 1.63 bits per heavy atom. The molecule has 7 nitrogen and oxygen atoms in total. The van der Waals surface area contributed by atoms with Crippen LogP contribution in [0.25, 0.3) is 0 Å². The minimum Gasteiger partial charge on any atom is -0.425 e. The van der Waals surface area contributed by atoms with Crippen LogP contribution in [0, 0.1) is 52.8 Å². The minimum absolute atomic E-state index is 0.388. The van der Waals surface area contributed by atoms with Gasteiger partial charge >= 0.3 is 0 Å². The lowest BCUT2D eigenvalue weighted by molar-refractivity contribution is 0.0397. The Morgan fingerprint density at radius 1 is 0.477 bits per heavy atom. The second-order valence-electron chi connectivity index (χ2n) is 24.2. The summed E-state index contributed by atoms with van der Waals surface area (Å²) in [6, 6.07) is 1.45. The van der Waals surface area contributed by atoms with Crippen molar-refractivity contribution < 1.29 is 8.83 Å². The van der Waals surface area contributed by atoms with Gasteiger partial charge in [-0.1, -0.05) is 136 Å². The summed E-state index contributed by atoms with van der Waals surface area (Å²) in [6.07, 6.45) is 46.0. The standard InChI is InChI=1S/C57H92ClN5O2/c1-3-5-7-9-11-17-32-57(33-18-12-10-8-6-4-2)49-37-41(54-60-59-53(64-54)40-28-31-52-48(36-40)46-23-15-16-25-51(46)63(52)35-34-58)26-29-44(49)45-30-27-42(38-50(45)57)55-61-62-56(65-55)47-24-19-21-39-20-13-14-22-43(39)47/h39-52H,3-38H2,1-2H3. The Morgan fingerprint density at radius 2 is 0.985 bits per heavy atom. The van der Waals surface area contributed by atoms with Crippen LogP contribution < -0.4 is 0 Å². The predicted molar refractivity (Wildman–Crippen MR) is 263 cm³/mol. The first-order valence-corrected chi connectivity index (χ1v) is 29.6. The first-order valence-electron chi connectivity index (χ1n) is 29.1. The Bertz CT molecular complexity index is 1740. The van der Waals surface area contributed by atoms with Crippen molar-refractivity contribution in [1.29, 1.82) is 0 Å². The highest BCUT2D eigenvalue weighted by molar-refractivity contribution is 6.18. The number of hydrogen-bond donors (Lipinski definition) is 0. The predicted octanol–water partition coefficient (Wildman–Crippen LogP) is 16.1. The summed E-state index contributed by atoms with van der Waals surface area (Å²) in [4.78, 5) is 2.85. The van der Waals surface area contributed by atoms with Crippen LogP contribution in [0.1, 0.15) is 279 Å². The van der Waals surface area contributed by atoms with Crippen LogP contribution in [0.15, 0.2) is 8.83 Å². The molecule has 7 aliphatic carbocycles. The number of fused-ring (bicyclic) bond motifs is 7. The average Bonchev–Trinajstić information content (AvgIpc) is 4.16. The lowest BCUT2D eigenvalue weighted by Crippen LogP contribution is -2.41. The fourth-order valence-corrected chi connectivity index (χ4v) is 18.4. The van der Waals surface area contributed by atoms with E-state index < -0.39 is 0 Å². The summed E-state index contributed by atoms with van der Waals surface area (Å²) in [5.74, 6) is 12.9. The van der Waals surface area contributed by atoms with Crippen LogP contribution in [-0.4, -0.2) is 49.8 Å². The molecule has 10 rings (SSSR count). The molecule has 1 aliphatic heterocycles. The number of likely N-dealkylation sites (tertiary alicyclic amines) is 1. The maximum Gasteiger partial charge on any atom is 0.219 e. The topological polar surface area (TPSA) is 81.1 Å². The molecule has 1 saturated heterocycles. The monoisotopic (exact) mass is 914 g/mol. The third-order valence-corrected chi connectivity index (χ3v) is 21.2. The summed E-state index contributed by atoms with van der Waals surface area (Å²) in [5.41, 5.74) is 0.388. The Balaban J connectivity index is 0.884. The van der Waals surface area contributed by atoms with Gasteiger partial charge in [0.25, 0.3) is 0 Å². The van der Waals surface area contributed by atoms with Crippen molar-refractivity contribution in [2.75, 3.05) is 12.4 Å². The Hall–Kier alpha value is -1.47. The largest absolute Gasteiger partial charge is 0.425 e. The van der Waals surface area contributed by atoms with E-state index in [0.29, 0.717) is 35.1 Å². The molecule has 0 radical (unpaired) electrons. The van der Waals surface area contributed by atoms with E-state index in [-0.39, 0.29) is 0 Å². The molecule has 14 unspecified atom stereocenters. The van der Waals surface area contributed by atoms with Gasteiger partial charge in [-0.3, -0.25) is 4.90 Å². The van der Waals surface area contributed by atoms with Crippen molar-refractivity contribution in [2.45, 2.75) is 268 Å². The van der Waals surface area contributed by atoms with Gasteiger partial charge in [-0.15, -0.1) is 32.0 Å². The third-order valence-electron chi connectivity index (χ3n) is 21.1. The van der Waals surface area contributed by atoms with Crippen LogP contribution in [0.2, 0.25) is 0 Å². The number of nitrogens with zero attached hydrogens (tertiary/aromatic N) is 5. The molecule has 8 aliphatic rings. The molecule has 8 heteroatoms. The number of hydrogen-bond acceptors (Lipinski definition) is 7. The molecule has 0 amide bonds. The lowest BCUT2D eigenvalue weighted by atomic mass is 9.58. The van der Waals surface area contributed by atoms with E-state index in [1.54, 1.807) is 0 Å². The van der Waals surface area contributed by atoms with E-state index in [1.807, 2.05) is 0 Å². The number of aromatic nitrogens is 4. The molecule has 364 valence electrons. The highest BCUT2D eigenvalue weighted by atomic mass is 35.5. The quantitative estimate of drug-likeness (QED) is 0.0967. The van der Waals surface area contributed by atoms with Gasteiger partial charge in [-0.05, 0) is 149 Å². The highest BCUT2D eigenvalue weighted by Gasteiger charge is 2.62. The molecular formula is C57H92ClN5O2. The van der Waals surface area contributed by atoms with Crippen LogP contribution in [0.3, 0.4) is 0 Å². The summed E-state index contributed by atoms with van der Waals surface area (Å²) in [7, 11) is 0. The van der Waals surface area contributed by atoms with E-state index in [1.165, 1.54) is 218 Å².